The van der Waals surface area contributed by atoms with E-state index in [4.69, 9.17) is 0 Å². The Bertz CT molecular complexity index is 1420. The summed E-state index contributed by atoms with van der Waals surface area (Å²) in [4.78, 5) is 50.6. The van der Waals surface area contributed by atoms with Crippen LogP contribution in [0.2, 0.25) is 0 Å². The molecule has 4 rings (SSSR count). The number of amides is 1. The minimum Gasteiger partial charge on any atom is -0.430 e. The van der Waals surface area contributed by atoms with E-state index in [0.717, 1.165) is 12.3 Å². The van der Waals surface area contributed by atoms with E-state index in [1.807, 2.05) is 0 Å². The zero-order valence-electron chi connectivity index (χ0n) is 16.5. The van der Waals surface area contributed by atoms with Crippen molar-refractivity contribution in [2.75, 3.05) is 6.54 Å². The molecule has 0 aliphatic carbocycles. The first kappa shape index (κ1) is 20.7. The third kappa shape index (κ3) is 4.28. The maximum absolute atomic E-state index is 12.8. The molecule has 0 bridgehead atoms. The minimum atomic E-state index is -0.549. The molecule has 0 unspecified atom stereocenters. The van der Waals surface area contributed by atoms with Gasteiger partial charge in [0, 0.05) is 24.7 Å². The fourth-order valence-electron chi connectivity index (χ4n) is 3.10. The first-order valence-electron chi connectivity index (χ1n) is 9.44. The number of carbonyl (C=O) groups is 1. The molecule has 0 aliphatic heterocycles. The van der Waals surface area contributed by atoms with Crippen LogP contribution in [0.25, 0.3) is 11.0 Å². The number of nitro groups is 1. The van der Waals surface area contributed by atoms with Crippen molar-refractivity contribution in [3.8, 4) is 0 Å². The van der Waals surface area contributed by atoms with Gasteiger partial charge in [-0.05, 0) is 11.6 Å². The van der Waals surface area contributed by atoms with Gasteiger partial charge in [-0.3, -0.25) is 24.3 Å². The van der Waals surface area contributed by atoms with E-state index >= 15 is 0 Å². The number of hydrogen-bond acceptors (Lipinski definition) is 8. The van der Waals surface area contributed by atoms with Gasteiger partial charge in [0.2, 0.25) is 0 Å². The van der Waals surface area contributed by atoms with E-state index in [2.05, 4.69) is 19.8 Å². The predicted octanol–water partition coefficient (Wildman–Crippen LogP) is 0.933. The zero-order chi connectivity index (χ0) is 22.7. The smallest absolute Gasteiger partial charge is 0.335 e. The Morgan fingerprint density at radius 1 is 1.22 bits per heavy atom. The number of fused-ring (bicyclic) bond motifs is 1. The molecular formula is C20H16N6O6. The van der Waals surface area contributed by atoms with Gasteiger partial charge in [-0.15, -0.1) is 0 Å². The van der Waals surface area contributed by atoms with Crippen molar-refractivity contribution < 1.29 is 14.1 Å². The molecule has 12 nitrogen and oxygen atoms in total. The molecular weight excluding hydrogens is 420 g/mol. The second-order valence-electron chi connectivity index (χ2n) is 6.81. The van der Waals surface area contributed by atoms with Gasteiger partial charge in [0.05, 0.1) is 29.8 Å². The standard InChI is InChI=1S/C20H16N6O6/c27-17-5-4-14(11-32-17)19(28)21-6-7-25-18-16(9-23-25)20(29)24(12-22-18)10-13-2-1-3-15(8-13)26(30)31/h1-5,8-9,11-12H,6-7,10H2,(H,21,28). The Hall–Kier alpha value is -4.61. The number of aromatic nitrogens is 4. The van der Waals surface area contributed by atoms with Crippen LogP contribution in [0, 0.1) is 10.1 Å². The number of hydrogen-bond donors (Lipinski definition) is 1. The first-order valence-corrected chi connectivity index (χ1v) is 9.44. The summed E-state index contributed by atoms with van der Waals surface area (Å²) in [7, 11) is 0. The summed E-state index contributed by atoms with van der Waals surface area (Å²) in [5, 5.41) is 18.1. The molecule has 1 amide bonds. The average Bonchev–Trinajstić information content (AvgIpc) is 3.20. The lowest BCUT2D eigenvalue weighted by atomic mass is 10.2. The van der Waals surface area contributed by atoms with Crippen LogP contribution in [0.3, 0.4) is 0 Å². The molecule has 3 heterocycles. The fourth-order valence-corrected chi connectivity index (χ4v) is 3.10. The zero-order valence-corrected chi connectivity index (χ0v) is 16.5. The van der Waals surface area contributed by atoms with Gasteiger partial charge in [-0.1, -0.05) is 12.1 Å². The van der Waals surface area contributed by atoms with E-state index in [1.165, 1.54) is 40.0 Å². The maximum Gasteiger partial charge on any atom is 0.335 e. The molecule has 12 heteroatoms. The van der Waals surface area contributed by atoms with Crippen molar-refractivity contribution in [1.82, 2.24) is 24.6 Å². The predicted molar refractivity (Wildman–Crippen MR) is 111 cm³/mol. The third-order valence-electron chi connectivity index (χ3n) is 4.67. The quantitative estimate of drug-likeness (QED) is 0.331. The highest BCUT2D eigenvalue weighted by Gasteiger charge is 2.12. The minimum absolute atomic E-state index is 0.0582. The van der Waals surface area contributed by atoms with E-state index in [1.54, 1.807) is 12.1 Å². The van der Waals surface area contributed by atoms with Gasteiger partial charge in [-0.25, -0.2) is 14.5 Å². The first-order chi connectivity index (χ1) is 15.4. The fraction of sp³-hybridized carbons (Fsp3) is 0.150. The number of nitrogens with one attached hydrogen (secondary N) is 1. The number of rotatable bonds is 7. The number of benzene rings is 1. The van der Waals surface area contributed by atoms with Crippen LogP contribution in [-0.4, -0.2) is 36.7 Å². The van der Waals surface area contributed by atoms with E-state index in [-0.39, 0.29) is 41.8 Å². The molecule has 0 spiro atoms. The summed E-state index contributed by atoms with van der Waals surface area (Å²) >= 11 is 0. The SMILES string of the molecule is O=C(NCCn1ncc2c(=O)n(Cc3cccc([N+](=O)[O-])c3)cnc21)c1ccc(=O)oc1. The molecule has 0 atom stereocenters. The number of nitrogens with zero attached hydrogens (tertiary/aromatic N) is 5. The number of nitro benzene ring substituents is 1. The van der Waals surface area contributed by atoms with E-state index in [0.29, 0.717) is 11.2 Å². The van der Waals surface area contributed by atoms with Gasteiger partial charge < -0.3 is 9.73 Å². The van der Waals surface area contributed by atoms with Crippen molar-refractivity contribution in [2.24, 2.45) is 0 Å². The largest absolute Gasteiger partial charge is 0.430 e. The topological polar surface area (TPSA) is 155 Å². The summed E-state index contributed by atoms with van der Waals surface area (Å²) in [5.41, 5.74) is 0.205. The average molecular weight is 436 g/mol. The molecule has 0 radical (unpaired) electrons. The summed E-state index contributed by atoms with van der Waals surface area (Å²) < 4.78 is 7.49. The monoisotopic (exact) mass is 436 g/mol. The van der Waals surface area contributed by atoms with Gasteiger partial charge in [0.1, 0.15) is 18.0 Å². The van der Waals surface area contributed by atoms with Gasteiger partial charge in [0.25, 0.3) is 17.2 Å². The van der Waals surface area contributed by atoms with E-state index < -0.39 is 16.5 Å². The van der Waals surface area contributed by atoms with Crippen LogP contribution < -0.4 is 16.5 Å². The van der Waals surface area contributed by atoms with E-state index in [9.17, 15) is 24.5 Å². The van der Waals surface area contributed by atoms with Crippen LogP contribution >= 0.6 is 0 Å². The summed E-state index contributed by atoms with van der Waals surface area (Å²) in [6, 6.07) is 8.53. The normalized spacial score (nSPS) is 10.9. The highest BCUT2D eigenvalue weighted by atomic mass is 16.6. The van der Waals surface area contributed by atoms with Gasteiger partial charge in [0.15, 0.2) is 5.65 Å². The highest BCUT2D eigenvalue weighted by molar-refractivity contribution is 5.93. The molecule has 1 N–H and O–H groups in total. The molecule has 3 aromatic heterocycles. The lowest BCUT2D eigenvalue weighted by Crippen LogP contribution is -2.28. The lowest BCUT2D eigenvalue weighted by molar-refractivity contribution is -0.384. The van der Waals surface area contributed by atoms with Crippen LogP contribution in [-0.2, 0) is 13.1 Å². The van der Waals surface area contributed by atoms with Crippen molar-refractivity contribution in [3.63, 3.8) is 0 Å². The van der Waals surface area contributed by atoms with Crippen molar-refractivity contribution in [1.29, 1.82) is 0 Å². The molecule has 0 aliphatic rings. The Labute approximate surface area is 178 Å². The Balaban J connectivity index is 1.47. The molecule has 4 aromatic rings. The lowest BCUT2D eigenvalue weighted by Gasteiger charge is -2.07. The van der Waals surface area contributed by atoms with Gasteiger partial charge in [-0.2, -0.15) is 5.10 Å². The maximum atomic E-state index is 12.8. The molecule has 0 saturated carbocycles. The second-order valence-corrected chi connectivity index (χ2v) is 6.81. The van der Waals surface area contributed by atoms with Crippen LogP contribution in [0.1, 0.15) is 15.9 Å². The van der Waals surface area contributed by atoms with Gasteiger partial charge >= 0.3 is 5.63 Å². The number of carbonyl (C=O) groups excluding carboxylic acids is 1. The molecule has 0 fully saturated rings. The van der Waals surface area contributed by atoms with Crippen LogP contribution in [0.5, 0.6) is 0 Å². The molecule has 0 saturated heterocycles. The third-order valence-corrected chi connectivity index (χ3v) is 4.67. The van der Waals surface area contributed by atoms with Crippen molar-refractivity contribution in [3.05, 3.63) is 97.2 Å². The molecule has 162 valence electrons. The van der Waals surface area contributed by atoms with Crippen molar-refractivity contribution in [2.45, 2.75) is 13.1 Å². The summed E-state index contributed by atoms with van der Waals surface area (Å²) in [6.07, 6.45) is 3.82. The number of non-ortho nitro benzene ring substituents is 1. The highest BCUT2D eigenvalue weighted by Crippen LogP contribution is 2.14. The Morgan fingerprint density at radius 2 is 2.06 bits per heavy atom. The molecule has 32 heavy (non-hydrogen) atoms. The van der Waals surface area contributed by atoms with Crippen LogP contribution in [0.4, 0.5) is 5.69 Å². The van der Waals surface area contributed by atoms with Crippen molar-refractivity contribution >= 4 is 22.6 Å². The van der Waals surface area contributed by atoms with Crippen LogP contribution in [0.15, 0.2) is 69.2 Å². The second kappa shape index (κ2) is 8.63. The molecule has 1 aromatic carbocycles. The Kier molecular flexibility index (Phi) is 5.57. The Morgan fingerprint density at radius 3 is 2.81 bits per heavy atom. The summed E-state index contributed by atoms with van der Waals surface area (Å²) in [5.74, 6) is -0.419. The summed E-state index contributed by atoms with van der Waals surface area (Å²) in [6.45, 7) is 0.582.